The minimum atomic E-state index is -1.12. The van der Waals surface area contributed by atoms with Crippen molar-refractivity contribution in [2.75, 3.05) is 26.7 Å². The number of nitrogens with one attached hydrogen (secondary N) is 2. The van der Waals surface area contributed by atoms with E-state index in [4.69, 9.17) is 0 Å². The monoisotopic (exact) mass is 192 g/mol. The van der Waals surface area contributed by atoms with Gasteiger partial charge in [0.1, 0.15) is 13.4 Å². The van der Waals surface area contributed by atoms with E-state index in [9.17, 15) is 0 Å². The zero-order valence-electron chi connectivity index (χ0n) is 7.87. The van der Waals surface area contributed by atoms with Crippen LogP contribution in [-0.4, -0.2) is 38.6 Å². The summed E-state index contributed by atoms with van der Waals surface area (Å²) in [5.41, 5.74) is 1.72. The van der Waals surface area contributed by atoms with Gasteiger partial charge >= 0.3 is 0 Å². The number of oxime groups is 1. The molecule has 2 N–H and O–H groups in total. The van der Waals surface area contributed by atoms with E-state index in [0.29, 0.717) is 0 Å². The fourth-order valence-electron chi connectivity index (χ4n) is 0.401. The highest BCUT2D eigenvalue weighted by atomic mass is 32.3. The van der Waals surface area contributed by atoms with Crippen LogP contribution >= 0.6 is 10.2 Å². The molecule has 0 amide bonds. The van der Waals surface area contributed by atoms with E-state index in [-0.39, 0.29) is 0 Å². The van der Waals surface area contributed by atoms with E-state index in [1.165, 1.54) is 7.11 Å². The first kappa shape index (κ1) is 11.1. The Morgan fingerprint density at radius 2 is 2.08 bits per heavy atom. The SMILES string of the molecule is CN/C=N/NS(C)(C)/C=N/OC. The first-order chi connectivity index (χ1) is 5.62. The average molecular weight is 192 g/mol. The van der Waals surface area contributed by atoms with Gasteiger partial charge in [-0.2, -0.15) is 5.10 Å². The highest BCUT2D eigenvalue weighted by Crippen LogP contribution is 2.30. The molecule has 6 heteroatoms. The molecule has 5 nitrogen and oxygen atoms in total. The lowest BCUT2D eigenvalue weighted by Crippen LogP contribution is -2.16. The molecule has 12 heavy (non-hydrogen) atoms. The molecular weight excluding hydrogens is 176 g/mol. The molecule has 0 spiro atoms. The van der Waals surface area contributed by atoms with Crippen molar-refractivity contribution in [3.8, 4) is 0 Å². The molecule has 0 saturated heterocycles. The van der Waals surface area contributed by atoms with Gasteiger partial charge in [-0.1, -0.05) is 5.16 Å². The highest BCUT2D eigenvalue weighted by molar-refractivity contribution is 8.41. The van der Waals surface area contributed by atoms with Gasteiger partial charge in [0.05, 0.1) is 5.55 Å². The Kier molecular flexibility index (Phi) is 5.27. The number of rotatable bonds is 5. The van der Waals surface area contributed by atoms with Crippen molar-refractivity contribution >= 4 is 22.1 Å². The maximum Gasteiger partial charge on any atom is 0.109 e. The highest BCUT2D eigenvalue weighted by Gasteiger charge is 2.04. The predicted molar refractivity (Wildman–Crippen MR) is 55.6 cm³/mol. The second-order valence-electron chi connectivity index (χ2n) is 2.44. The summed E-state index contributed by atoms with van der Waals surface area (Å²) in [4.78, 5) is 7.52. The average Bonchev–Trinajstić information content (AvgIpc) is 2.01. The molecule has 0 heterocycles. The standard InChI is InChI=1S/C6H16N4OS/c1-7-5-8-10-12(3,4)6-9-11-2/h5-6,10H,1-4H3,(H,7,8)/b9-6+. The summed E-state index contributed by atoms with van der Waals surface area (Å²) in [6.07, 6.45) is 5.61. The topological polar surface area (TPSA) is 58.0 Å². The van der Waals surface area contributed by atoms with Crippen molar-refractivity contribution in [3.05, 3.63) is 0 Å². The maximum absolute atomic E-state index is 4.57. The van der Waals surface area contributed by atoms with Crippen LogP contribution < -0.4 is 10.1 Å². The minimum absolute atomic E-state index is 1.12. The Morgan fingerprint density at radius 3 is 2.58 bits per heavy atom. The third-order valence-electron chi connectivity index (χ3n) is 0.894. The number of nitrogens with zero attached hydrogens (tertiary/aromatic N) is 2. The first-order valence-electron chi connectivity index (χ1n) is 3.38. The van der Waals surface area contributed by atoms with Crippen molar-refractivity contribution in [2.24, 2.45) is 10.3 Å². The quantitative estimate of drug-likeness (QED) is 0.374. The van der Waals surface area contributed by atoms with Gasteiger partial charge in [0.25, 0.3) is 0 Å². The van der Waals surface area contributed by atoms with Gasteiger partial charge < -0.3 is 10.2 Å². The van der Waals surface area contributed by atoms with Crippen LogP contribution in [0, 0.1) is 0 Å². The summed E-state index contributed by atoms with van der Waals surface area (Å²) in [5.74, 6) is 0. The minimum Gasteiger partial charge on any atom is -0.399 e. The molecule has 0 rings (SSSR count). The molecule has 0 radical (unpaired) electrons. The van der Waals surface area contributed by atoms with Crippen molar-refractivity contribution < 1.29 is 4.84 Å². The Bertz CT molecular complexity index is 169. The molecule has 0 aromatic carbocycles. The van der Waals surface area contributed by atoms with Crippen LogP contribution in [0.3, 0.4) is 0 Å². The lowest BCUT2D eigenvalue weighted by Gasteiger charge is -2.23. The van der Waals surface area contributed by atoms with E-state index in [0.717, 1.165) is 0 Å². The van der Waals surface area contributed by atoms with Crippen LogP contribution in [0.15, 0.2) is 10.3 Å². The van der Waals surface area contributed by atoms with Gasteiger partial charge in [0.15, 0.2) is 0 Å². The van der Waals surface area contributed by atoms with Gasteiger partial charge in [0.2, 0.25) is 0 Å². The third kappa shape index (κ3) is 5.84. The van der Waals surface area contributed by atoms with E-state index < -0.39 is 10.2 Å². The summed E-state index contributed by atoms with van der Waals surface area (Å²) < 4.78 is 0. The summed E-state index contributed by atoms with van der Waals surface area (Å²) in [6, 6.07) is 0. The van der Waals surface area contributed by atoms with Crippen LogP contribution in [-0.2, 0) is 4.84 Å². The lowest BCUT2D eigenvalue weighted by molar-refractivity contribution is 0.216. The molecule has 0 aliphatic heterocycles. The molecule has 0 atom stereocenters. The fraction of sp³-hybridized carbons (Fsp3) is 0.667. The first-order valence-corrected chi connectivity index (χ1v) is 5.89. The van der Waals surface area contributed by atoms with Crippen LogP contribution in [0.1, 0.15) is 0 Å². The smallest absolute Gasteiger partial charge is 0.109 e. The predicted octanol–water partition coefficient (Wildman–Crippen LogP) is 0.308. The van der Waals surface area contributed by atoms with E-state index in [1.54, 1.807) is 18.9 Å². The number of hydrogen-bond acceptors (Lipinski definition) is 4. The number of hydrogen-bond donors (Lipinski definition) is 2. The van der Waals surface area contributed by atoms with E-state index >= 15 is 0 Å². The van der Waals surface area contributed by atoms with E-state index in [2.05, 4.69) is 25.2 Å². The van der Waals surface area contributed by atoms with Gasteiger partial charge in [-0.15, -0.1) is 10.2 Å². The van der Waals surface area contributed by atoms with Crippen LogP contribution in [0.5, 0.6) is 0 Å². The summed E-state index contributed by atoms with van der Waals surface area (Å²) in [6.45, 7) is 0. The summed E-state index contributed by atoms with van der Waals surface area (Å²) >= 11 is 0. The zero-order chi connectivity index (χ0) is 9.45. The van der Waals surface area contributed by atoms with Gasteiger partial charge in [-0.25, -0.2) is 0 Å². The molecule has 0 fully saturated rings. The van der Waals surface area contributed by atoms with Gasteiger partial charge in [0, 0.05) is 7.05 Å². The largest absolute Gasteiger partial charge is 0.399 e. The van der Waals surface area contributed by atoms with Crippen molar-refractivity contribution in [1.82, 2.24) is 10.1 Å². The lowest BCUT2D eigenvalue weighted by atomic mass is 11.2. The van der Waals surface area contributed by atoms with Gasteiger partial charge in [-0.05, 0) is 12.5 Å². The number of hydrazone groups is 1. The van der Waals surface area contributed by atoms with Crippen molar-refractivity contribution in [1.29, 1.82) is 0 Å². The second-order valence-corrected chi connectivity index (χ2v) is 5.64. The Hall–Kier alpha value is -0.910. The Morgan fingerprint density at radius 1 is 1.42 bits per heavy atom. The molecule has 0 aliphatic rings. The Labute approximate surface area is 74.7 Å². The molecule has 0 saturated carbocycles. The normalized spacial score (nSPS) is 13.7. The van der Waals surface area contributed by atoms with Crippen LogP contribution in [0.4, 0.5) is 0 Å². The van der Waals surface area contributed by atoms with Crippen LogP contribution in [0.2, 0.25) is 0 Å². The van der Waals surface area contributed by atoms with Crippen molar-refractivity contribution in [3.63, 3.8) is 0 Å². The molecule has 0 aliphatic carbocycles. The van der Waals surface area contributed by atoms with Crippen molar-refractivity contribution in [2.45, 2.75) is 0 Å². The Balaban J connectivity index is 3.86. The fourth-order valence-corrected chi connectivity index (χ4v) is 1.07. The molecule has 72 valence electrons. The van der Waals surface area contributed by atoms with Gasteiger partial charge in [-0.3, -0.25) is 4.83 Å². The summed E-state index contributed by atoms with van der Waals surface area (Å²) in [7, 11) is 2.18. The molecule has 0 unspecified atom stereocenters. The third-order valence-corrected chi connectivity index (χ3v) is 2.08. The summed E-state index contributed by atoms with van der Waals surface area (Å²) in [5, 5.41) is 10.4. The van der Waals surface area contributed by atoms with E-state index in [1.807, 2.05) is 12.5 Å². The molecule has 0 aromatic heterocycles. The molecule has 0 bridgehead atoms. The molecule has 0 aromatic rings. The zero-order valence-corrected chi connectivity index (χ0v) is 8.68. The molecular formula is C6H16N4OS. The second kappa shape index (κ2) is 5.70. The van der Waals surface area contributed by atoms with Crippen LogP contribution in [0.25, 0.3) is 0 Å². The maximum atomic E-state index is 4.57.